The smallest absolute Gasteiger partial charge is 0.303 e. The number of ether oxygens (including phenoxy) is 1. The van der Waals surface area contributed by atoms with E-state index in [0.29, 0.717) is 46.6 Å². The van der Waals surface area contributed by atoms with Crippen molar-refractivity contribution in [3.63, 3.8) is 0 Å². The van der Waals surface area contributed by atoms with Crippen LogP contribution in [0.3, 0.4) is 0 Å². The van der Waals surface area contributed by atoms with E-state index < -0.39 is 16.0 Å². The normalized spacial score (nSPS) is 13.2. The van der Waals surface area contributed by atoms with Crippen molar-refractivity contribution in [2.45, 2.75) is 38.0 Å². The molecule has 2 aromatic heterocycles. The summed E-state index contributed by atoms with van der Waals surface area (Å²) in [6, 6.07) is 18.3. The number of sulfonamides is 1. The van der Waals surface area contributed by atoms with Gasteiger partial charge in [0.25, 0.3) is 5.91 Å². The number of hydrogen-bond acceptors (Lipinski definition) is 7. The van der Waals surface area contributed by atoms with Crippen LogP contribution in [-0.2, 0) is 14.8 Å². The van der Waals surface area contributed by atoms with Gasteiger partial charge in [-0.3, -0.25) is 13.9 Å². The van der Waals surface area contributed by atoms with Crippen LogP contribution in [0.4, 0.5) is 5.82 Å². The third-order valence-electron chi connectivity index (χ3n) is 6.90. The Labute approximate surface area is 238 Å². The summed E-state index contributed by atoms with van der Waals surface area (Å²) >= 11 is 0. The number of fused-ring (bicyclic) bond motifs is 1. The summed E-state index contributed by atoms with van der Waals surface area (Å²) in [7, 11) is -2.20. The number of para-hydroxylation sites is 1. The number of unbranched alkanes of at least 4 members (excludes halogenated alkanes) is 1. The summed E-state index contributed by atoms with van der Waals surface area (Å²) in [5.74, 6) is 0.693. The van der Waals surface area contributed by atoms with E-state index in [1.165, 1.54) is 11.4 Å². The number of carbonyl (C=O) groups excluding carboxylic acids is 1. The van der Waals surface area contributed by atoms with Gasteiger partial charge in [0, 0.05) is 25.6 Å². The molecule has 0 radical (unpaired) electrons. The third kappa shape index (κ3) is 6.35. The molecule has 1 aliphatic rings. The number of rotatable bonds is 12. The van der Waals surface area contributed by atoms with E-state index in [2.05, 4.69) is 10.3 Å². The molecule has 2 aromatic carbocycles. The summed E-state index contributed by atoms with van der Waals surface area (Å²) in [4.78, 5) is 28.7. The molecule has 41 heavy (non-hydrogen) atoms. The SMILES string of the molecule is CNC(=O)c1c(-c2ccc(Oc3ccccc3)cc2)oc2nc(N(CCCCC(=O)O)S(C)(=O)=O)c(C3CC3)cc12. The fourth-order valence-corrected chi connectivity index (χ4v) is 5.66. The number of nitrogens with zero attached hydrogens (tertiary/aromatic N) is 2. The zero-order valence-electron chi connectivity index (χ0n) is 22.8. The van der Waals surface area contributed by atoms with Crippen LogP contribution in [0, 0.1) is 0 Å². The predicted octanol–water partition coefficient (Wildman–Crippen LogP) is 5.55. The Morgan fingerprint density at radius 2 is 1.76 bits per heavy atom. The van der Waals surface area contributed by atoms with Gasteiger partial charge in [0.2, 0.25) is 15.7 Å². The van der Waals surface area contributed by atoms with E-state index in [0.717, 1.165) is 24.7 Å². The molecule has 2 heterocycles. The Hall–Kier alpha value is -4.38. The van der Waals surface area contributed by atoms with E-state index >= 15 is 0 Å². The number of furan rings is 1. The largest absolute Gasteiger partial charge is 0.481 e. The van der Waals surface area contributed by atoms with Crippen LogP contribution in [0.5, 0.6) is 11.5 Å². The summed E-state index contributed by atoms with van der Waals surface area (Å²) < 4.78 is 39.0. The van der Waals surface area contributed by atoms with Crippen LogP contribution >= 0.6 is 0 Å². The first kappa shape index (κ1) is 28.2. The van der Waals surface area contributed by atoms with Crippen molar-refractivity contribution in [3.8, 4) is 22.8 Å². The molecule has 1 amide bonds. The van der Waals surface area contributed by atoms with Crippen LogP contribution in [0.25, 0.3) is 22.4 Å². The zero-order chi connectivity index (χ0) is 29.1. The Morgan fingerprint density at radius 1 is 1.07 bits per heavy atom. The molecule has 0 bridgehead atoms. The average molecular weight is 578 g/mol. The number of pyridine rings is 1. The number of carboxylic acids is 1. The van der Waals surface area contributed by atoms with Crippen LogP contribution < -0.4 is 14.4 Å². The summed E-state index contributed by atoms with van der Waals surface area (Å²) in [6.45, 7) is 0.0864. The van der Waals surface area contributed by atoms with Gasteiger partial charge in [0.15, 0.2) is 0 Å². The van der Waals surface area contributed by atoms with Crippen molar-refractivity contribution in [1.82, 2.24) is 10.3 Å². The molecule has 2 N–H and O–H groups in total. The van der Waals surface area contributed by atoms with E-state index in [-0.39, 0.29) is 36.3 Å². The molecule has 11 heteroatoms. The topological polar surface area (TPSA) is 139 Å². The Balaban J connectivity index is 1.57. The molecule has 5 rings (SSSR count). The zero-order valence-corrected chi connectivity index (χ0v) is 23.6. The number of nitrogens with one attached hydrogen (secondary N) is 1. The minimum atomic E-state index is -3.73. The van der Waals surface area contributed by atoms with Crippen molar-refractivity contribution in [3.05, 3.63) is 71.8 Å². The Bertz CT molecular complexity index is 1680. The molecule has 0 aliphatic heterocycles. The predicted molar refractivity (Wildman–Crippen MR) is 155 cm³/mol. The van der Waals surface area contributed by atoms with Gasteiger partial charge in [-0.05, 0) is 79.6 Å². The van der Waals surface area contributed by atoms with Gasteiger partial charge in [-0.15, -0.1) is 0 Å². The molecule has 214 valence electrons. The second-order valence-electron chi connectivity index (χ2n) is 10.0. The second kappa shape index (κ2) is 11.6. The van der Waals surface area contributed by atoms with Gasteiger partial charge >= 0.3 is 5.97 Å². The van der Waals surface area contributed by atoms with Gasteiger partial charge in [-0.1, -0.05) is 18.2 Å². The number of aromatic nitrogens is 1. The number of carbonyl (C=O) groups is 2. The summed E-state index contributed by atoms with van der Waals surface area (Å²) in [6.07, 6.45) is 3.49. The average Bonchev–Trinajstić information content (AvgIpc) is 3.72. The first-order chi connectivity index (χ1) is 19.7. The molecule has 0 atom stereocenters. The van der Waals surface area contributed by atoms with Crippen molar-refractivity contribution in [2.24, 2.45) is 0 Å². The maximum absolute atomic E-state index is 13.1. The van der Waals surface area contributed by atoms with Crippen molar-refractivity contribution >= 4 is 38.8 Å². The van der Waals surface area contributed by atoms with Gasteiger partial charge in [0.05, 0.1) is 17.2 Å². The lowest BCUT2D eigenvalue weighted by Gasteiger charge is -2.23. The van der Waals surface area contributed by atoms with E-state index in [9.17, 15) is 18.0 Å². The first-order valence-electron chi connectivity index (χ1n) is 13.4. The van der Waals surface area contributed by atoms with Crippen molar-refractivity contribution in [1.29, 1.82) is 0 Å². The molecule has 0 saturated heterocycles. The number of anilines is 1. The highest BCUT2D eigenvalue weighted by Crippen LogP contribution is 2.47. The highest BCUT2D eigenvalue weighted by molar-refractivity contribution is 7.92. The molecule has 0 unspecified atom stereocenters. The van der Waals surface area contributed by atoms with E-state index in [1.807, 2.05) is 36.4 Å². The number of benzene rings is 2. The van der Waals surface area contributed by atoms with Crippen molar-refractivity contribution in [2.75, 3.05) is 24.2 Å². The fraction of sp³-hybridized carbons (Fsp3) is 0.300. The number of hydrogen-bond donors (Lipinski definition) is 2. The maximum Gasteiger partial charge on any atom is 0.303 e. The molecule has 4 aromatic rings. The summed E-state index contributed by atoms with van der Waals surface area (Å²) in [5, 5.41) is 12.1. The van der Waals surface area contributed by atoms with Gasteiger partial charge < -0.3 is 19.6 Å². The van der Waals surface area contributed by atoms with E-state index in [1.54, 1.807) is 24.3 Å². The quantitative estimate of drug-likeness (QED) is 0.209. The van der Waals surface area contributed by atoms with Crippen molar-refractivity contribution < 1.29 is 32.3 Å². The summed E-state index contributed by atoms with van der Waals surface area (Å²) in [5.41, 5.74) is 1.81. The molecule has 0 spiro atoms. The lowest BCUT2D eigenvalue weighted by Crippen LogP contribution is -2.32. The maximum atomic E-state index is 13.1. The minimum absolute atomic E-state index is 0.0498. The minimum Gasteiger partial charge on any atom is -0.481 e. The highest BCUT2D eigenvalue weighted by Gasteiger charge is 2.34. The second-order valence-corrected chi connectivity index (χ2v) is 11.9. The van der Waals surface area contributed by atoms with Gasteiger partial charge in [-0.25, -0.2) is 8.42 Å². The fourth-order valence-electron chi connectivity index (χ4n) is 4.74. The van der Waals surface area contributed by atoms with Crippen LogP contribution in [-0.4, -0.2) is 50.2 Å². The van der Waals surface area contributed by atoms with Crippen LogP contribution in [0.15, 0.2) is 65.1 Å². The Kier molecular flexibility index (Phi) is 7.98. The number of amides is 1. The van der Waals surface area contributed by atoms with E-state index in [4.69, 9.17) is 14.3 Å². The third-order valence-corrected chi connectivity index (χ3v) is 8.05. The van der Waals surface area contributed by atoms with Gasteiger partial charge in [-0.2, -0.15) is 4.98 Å². The first-order valence-corrected chi connectivity index (χ1v) is 15.2. The van der Waals surface area contributed by atoms with Gasteiger partial charge in [0.1, 0.15) is 23.1 Å². The highest BCUT2D eigenvalue weighted by atomic mass is 32.2. The molecule has 1 fully saturated rings. The molecular weight excluding hydrogens is 546 g/mol. The van der Waals surface area contributed by atoms with Crippen LogP contribution in [0.1, 0.15) is 53.9 Å². The molecule has 1 aliphatic carbocycles. The standard InChI is InChI=1S/C30H31N3O7S/c1-31-29(36)26-24-18-23(19-11-12-19)28(33(41(2,37)38)17-7-6-10-25(34)35)32-30(24)40-27(26)20-13-15-22(16-14-20)39-21-8-4-3-5-9-21/h3-5,8-9,13-16,18-19H,6-7,10-12,17H2,1-2H3,(H,31,36)(H,34,35). The molecular formula is C30H31N3O7S. The van der Waals surface area contributed by atoms with Crippen LogP contribution in [0.2, 0.25) is 0 Å². The Morgan fingerprint density at radius 3 is 2.37 bits per heavy atom. The monoisotopic (exact) mass is 577 g/mol. The number of aliphatic carboxylic acids is 1. The lowest BCUT2D eigenvalue weighted by atomic mass is 10.0. The molecule has 1 saturated carbocycles. The number of carboxylic acid groups (broad SMARTS) is 1. The lowest BCUT2D eigenvalue weighted by molar-refractivity contribution is -0.137. The molecule has 10 nitrogen and oxygen atoms in total.